The van der Waals surface area contributed by atoms with E-state index in [4.69, 9.17) is 0 Å². The molecule has 4 amide bonds. The van der Waals surface area contributed by atoms with Gasteiger partial charge in [0.2, 0.25) is 30.4 Å². The van der Waals surface area contributed by atoms with Gasteiger partial charge in [0, 0.05) is 19.5 Å². The Bertz CT molecular complexity index is 814. The molecule has 190 valence electrons. The van der Waals surface area contributed by atoms with Gasteiger partial charge in [-0.3, -0.25) is 24.0 Å². The van der Waals surface area contributed by atoms with Crippen LogP contribution in [0.5, 0.6) is 0 Å². The molecule has 5 atom stereocenters. The van der Waals surface area contributed by atoms with Gasteiger partial charge in [0.05, 0.1) is 0 Å². The minimum absolute atomic E-state index is 0.0352. The zero-order valence-corrected chi connectivity index (χ0v) is 19.8. The Morgan fingerprint density at radius 2 is 1.85 bits per heavy atom. The van der Waals surface area contributed by atoms with E-state index in [2.05, 4.69) is 22.5 Å². The summed E-state index contributed by atoms with van der Waals surface area (Å²) in [5, 5.41) is 7.07. The van der Waals surface area contributed by atoms with Crippen LogP contribution in [0.15, 0.2) is 12.7 Å². The van der Waals surface area contributed by atoms with Crippen LogP contribution in [0, 0.1) is 17.3 Å². The quantitative estimate of drug-likeness (QED) is 0.227. The molecule has 1 heterocycles. The van der Waals surface area contributed by atoms with Gasteiger partial charge >= 0.3 is 0 Å². The summed E-state index contributed by atoms with van der Waals surface area (Å²) < 4.78 is 26.3. The summed E-state index contributed by atoms with van der Waals surface area (Å²) in [6.07, 6.45) is 0.123. The minimum atomic E-state index is -2.94. The number of halogens is 2. The lowest BCUT2D eigenvalue weighted by molar-refractivity contribution is -0.145. The van der Waals surface area contributed by atoms with Crippen LogP contribution in [-0.2, 0) is 24.0 Å². The SMILES string of the molecule is C=CCNC(=O)C(=O)[C@H](CC(F)F)NC(=O)[C@@H]1[C@H]2CCC[C@H]2CN1C(=O)[C@@H](NC=O)C(C)(C)C. The fourth-order valence-corrected chi connectivity index (χ4v) is 4.87. The number of fused-ring (bicyclic) bond motifs is 1. The number of alkyl halides is 2. The Morgan fingerprint density at radius 3 is 2.41 bits per heavy atom. The molecule has 0 aromatic carbocycles. The number of Topliss-reactive ketones (excluding diaryl/α,β-unsaturated/α-hetero) is 1. The summed E-state index contributed by atoms with van der Waals surface area (Å²) in [6.45, 7) is 8.99. The van der Waals surface area contributed by atoms with E-state index in [0.717, 1.165) is 12.8 Å². The largest absolute Gasteiger partial charge is 0.346 e. The Kier molecular flexibility index (Phi) is 9.29. The van der Waals surface area contributed by atoms with Crippen molar-refractivity contribution >= 4 is 29.9 Å². The van der Waals surface area contributed by atoms with E-state index in [0.29, 0.717) is 19.4 Å². The van der Waals surface area contributed by atoms with Gasteiger partial charge in [-0.15, -0.1) is 6.58 Å². The average molecular weight is 485 g/mol. The maximum Gasteiger partial charge on any atom is 0.289 e. The van der Waals surface area contributed by atoms with E-state index in [1.165, 1.54) is 11.0 Å². The van der Waals surface area contributed by atoms with E-state index in [-0.39, 0.29) is 18.4 Å². The molecular weight excluding hydrogens is 450 g/mol. The van der Waals surface area contributed by atoms with E-state index >= 15 is 0 Å². The number of likely N-dealkylation sites (tertiary alicyclic amines) is 1. The molecule has 9 nitrogen and oxygen atoms in total. The van der Waals surface area contributed by atoms with Gasteiger partial charge < -0.3 is 20.9 Å². The number of nitrogens with one attached hydrogen (secondary N) is 3. The van der Waals surface area contributed by atoms with Crippen molar-refractivity contribution < 1.29 is 32.8 Å². The summed E-state index contributed by atoms with van der Waals surface area (Å²) in [4.78, 5) is 63.8. The van der Waals surface area contributed by atoms with Crippen LogP contribution in [0.25, 0.3) is 0 Å². The van der Waals surface area contributed by atoms with Gasteiger partial charge in [-0.2, -0.15) is 0 Å². The topological polar surface area (TPSA) is 125 Å². The lowest BCUT2D eigenvalue weighted by Crippen LogP contribution is -2.59. The molecule has 2 fully saturated rings. The van der Waals surface area contributed by atoms with Crippen molar-refractivity contribution in [2.45, 2.75) is 71.0 Å². The molecule has 34 heavy (non-hydrogen) atoms. The number of carbonyl (C=O) groups is 5. The molecule has 0 aromatic rings. The first-order valence-corrected chi connectivity index (χ1v) is 11.4. The van der Waals surface area contributed by atoms with Crippen molar-refractivity contribution in [1.82, 2.24) is 20.9 Å². The molecule has 1 aliphatic heterocycles. The van der Waals surface area contributed by atoms with E-state index < -0.39 is 59.9 Å². The van der Waals surface area contributed by atoms with Gasteiger partial charge in [-0.1, -0.05) is 33.3 Å². The van der Waals surface area contributed by atoms with Crippen LogP contribution in [-0.4, -0.2) is 72.5 Å². The van der Waals surface area contributed by atoms with Crippen molar-refractivity contribution in [3.05, 3.63) is 12.7 Å². The van der Waals surface area contributed by atoms with Crippen LogP contribution >= 0.6 is 0 Å². The smallest absolute Gasteiger partial charge is 0.289 e. The minimum Gasteiger partial charge on any atom is -0.346 e. The zero-order valence-electron chi connectivity index (χ0n) is 19.8. The number of carbonyl (C=O) groups excluding carboxylic acids is 5. The van der Waals surface area contributed by atoms with E-state index in [1.807, 2.05) is 0 Å². The van der Waals surface area contributed by atoms with Gasteiger partial charge in [0.15, 0.2) is 0 Å². The van der Waals surface area contributed by atoms with Crippen LogP contribution in [0.4, 0.5) is 8.78 Å². The molecule has 11 heteroatoms. The maximum atomic E-state index is 13.4. The fraction of sp³-hybridized carbons (Fsp3) is 0.696. The fourth-order valence-electron chi connectivity index (χ4n) is 4.87. The second-order valence-corrected chi connectivity index (χ2v) is 9.92. The molecule has 0 radical (unpaired) electrons. The number of hydrogen-bond donors (Lipinski definition) is 3. The number of ketones is 1. The highest BCUT2D eigenvalue weighted by molar-refractivity contribution is 6.38. The monoisotopic (exact) mass is 484 g/mol. The Hall–Kier alpha value is -2.85. The van der Waals surface area contributed by atoms with Crippen molar-refractivity contribution in [1.29, 1.82) is 0 Å². The second kappa shape index (κ2) is 11.5. The van der Waals surface area contributed by atoms with Crippen molar-refractivity contribution in [2.24, 2.45) is 17.3 Å². The molecule has 2 rings (SSSR count). The lowest BCUT2D eigenvalue weighted by atomic mass is 9.85. The molecule has 1 saturated heterocycles. The summed E-state index contributed by atoms with van der Waals surface area (Å²) in [6, 6.07) is -3.62. The summed E-state index contributed by atoms with van der Waals surface area (Å²) >= 11 is 0. The molecule has 0 aromatic heterocycles. The van der Waals surface area contributed by atoms with Gasteiger partial charge in [0.25, 0.3) is 5.91 Å². The third kappa shape index (κ3) is 6.38. The van der Waals surface area contributed by atoms with Gasteiger partial charge in [-0.05, 0) is 30.1 Å². The first-order valence-electron chi connectivity index (χ1n) is 11.4. The van der Waals surface area contributed by atoms with Crippen LogP contribution in [0.1, 0.15) is 46.5 Å². The highest BCUT2D eigenvalue weighted by atomic mass is 19.3. The summed E-state index contributed by atoms with van der Waals surface area (Å²) in [5.41, 5.74) is -0.645. The van der Waals surface area contributed by atoms with E-state index in [9.17, 15) is 32.8 Å². The second-order valence-electron chi connectivity index (χ2n) is 9.92. The summed E-state index contributed by atoms with van der Waals surface area (Å²) in [7, 11) is 0. The molecular formula is C23H34F2N4O5. The van der Waals surface area contributed by atoms with Gasteiger partial charge in [-0.25, -0.2) is 8.78 Å². The highest BCUT2D eigenvalue weighted by Crippen LogP contribution is 2.43. The normalized spacial score (nSPS) is 23.6. The molecule has 0 bridgehead atoms. The Labute approximate surface area is 198 Å². The number of rotatable bonds is 11. The highest BCUT2D eigenvalue weighted by Gasteiger charge is 2.52. The third-order valence-corrected chi connectivity index (χ3v) is 6.47. The summed E-state index contributed by atoms with van der Waals surface area (Å²) in [5.74, 6) is -3.64. The van der Waals surface area contributed by atoms with Crippen LogP contribution in [0.2, 0.25) is 0 Å². The zero-order chi connectivity index (χ0) is 25.6. The predicted octanol–water partition coefficient (Wildman–Crippen LogP) is 0.786. The molecule has 1 saturated carbocycles. The Morgan fingerprint density at radius 1 is 1.18 bits per heavy atom. The number of nitrogens with zero attached hydrogens (tertiary/aromatic N) is 1. The standard InChI is InChI=1S/C23H34F2N4O5/c1-5-9-26-21(33)18(31)15(10-16(24)25)28-20(32)17-14-8-6-7-13(14)11-29(17)22(34)19(27-12-30)23(2,3)4/h5,12-17,19H,1,6-11H2,2-4H3,(H,26,33)(H,27,30)(H,28,32)/t13-,14-,15-,17-,19+/m0/s1. The first-order chi connectivity index (χ1) is 15.9. The predicted molar refractivity (Wildman–Crippen MR) is 120 cm³/mol. The molecule has 0 unspecified atom stereocenters. The van der Waals surface area contributed by atoms with Crippen LogP contribution in [0.3, 0.4) is 0 Å². The molecule has 3 N–H and O–H groups in total. The van der Waals surface area contributed by atoms with Crippen LogP contribution < -0.4 is 16.0 Å². The van der Waals surface area contributed by atoms with E-state index in [1.54, 1.807) is 20.8 Å². The lowest BCUT2D eigenvalue weighted by Gasteiger charge is -2.35. The molecule has 1 aliphatic carbocycles. The molecule has 0 spiro atoms. The Balaban J connectivity index is 2.29. The third-order valence-electron chi connectivity index (χ3n) is 6.47. The molecule has 2 aliphatic rings. The van der Waals surface area contributed by atoms with Gasteiger partial charge in [0.1, 0.15) is 18.1 Å². The maximum absolute atomic E-state index is 13.4. The first kappa shape index (κ1) is 27.4. The van der Waals surface area contributed by atoms with Crippen molar-refractivity contribution in [2.75, 3.05) is 13.1 Å². The van der Waals surface area contributed by atoms with Crippen molar-refractivity contribution in [3.8, 4) is 0 Å². The van der Waals surface area contributed by atoms with Crippen molar-refractivity contribution in [3.63, 3.8) is 0 Å². The number of amides is 4. The number of hydrogen-bond acceptors (Lipinski definition) is 5. The average Bonchev–Trinajstić information content (AvgIpc) is 3.34.